The third kappa shape index (κ3) is 3.54. The molecule has 0 heterocycles. The average Bonchev–Trinajstić information content (AvgIpc) is 2.37. The highest BCUT2D eigenvalue weighted by molar-refractivity contribution is 5.82. The Morgan fingerprint density at radius 1 is 1.25 bits per heavy atom. The van der Waals surface area contributed by atoms with Gasteiger partial charge in [-0.15, -0.1) is 0 Å². The molecule has 1 aromatic carbocycles. The zero-order valence-electron chi connectivity index (χ0n) is 12.6. The standard InChI is InChI=1S/C15H22F2N2O/c1-9(10-6-7-11(16)12(17)8-10)19(5)14(20)13(18)15(2,3)4/h6-9,13H,18H2,1-5H3/t9?,13-/m0/s1. The van der Waals surface area contributed by atoms with Gasteiger partial charge >= 0.3 is 0 Å². The molecule has 0 aliphatic carbocycles. The highest BCUT2D eigenvalue weighted by Gasteiger charge is 2.31. The Bertz CT molecular complexity index is 497. The predicted octanol–water partition coefficient (Wildman–Crippen LogP) is 2.86. The lowest BCUT2D eigenvalue weighted by atomic mass is 9.86. The maximum absolute atomic E-state index is 13.2. The van der Waals surface area contributed by atoms with Crippen molar-refractivity contribution in [2.75, 3.05) is 7.05 Å². The summed E-state index contributed by atoms with van der Waals surface area (Å²) in [6, 6.07) is 2.59. The van der Waals surface area contributed by atoms with Gasteiger partial charge in [0.2, 0.25) is 5.91 Å². The Kier molecular flexibility index (Phi) is 4.86. The third-order valence-corrected chi connectivity index (χ3v) is 3.55. The van der Waals surface area contributed by atoms with E-state index in [0.29, 0.717) is 5.56 Å². The fourth-order valence-electron chi connectivity index (χ4n) is 1.78. The SMILES string of the molecule is CC(c1ccc(F)c(F)c1)N(C)C(=O)[C@H](N)C(C)(C)C. The monoisotopic (exact) mass is 284 g/mol. The minimum absolute atomic E-state index is 0.227. The molecule has 1 rings (SSSR count). The smallest absolute Gasteiger partial charge is 0.240 e. The number of amides is 1. The zero-order chi connectivity index (χ0) is 15.7. The number of carbonyl (C=O) groups is 1. The van der Waals surface area contributed by atoms with Gasteiger partial charge in [0.05, 0.1) is 12.1 Å². The average molecular weight is 284 g/mol. The fourth-order valence-corrected chi connectivity index (χ4v) is 1.78. The van der Waals surface area contributed by atoms with Crippen LogP contribution in [0.25, 0.3) is 0 Å². The van der Waals surface area contributed by atoms with E-state index in [1.165, 1.54) is 11.0 Å². The Balaban J connectivity index is 2.93. The van der Waals surface area contributed by atoms with Gasteiger partial charge in [-0.05, 0) is 30.0 Å². The van der Waals surface area contributed by atoms with Crippen LogP contribution in [0.2, 0.25) is 0 Å². The first-order valence-corrected chi connectivity index (χ1v) is 6.53. The van der Waals surface area contributed by atoms with E-state index in [4.69, 9.17) is 5.73 Å². The van der Waals surface area contributed by atoms with E-state index >= 15 is 0 Å². The Morgan fingerprint density at radius 3 is 2.25 bits per heavy atom. The molecule has 0 radical (unpaired) electrons. The first-order chi connectivity index (χ1) is 9.05. The molecule has 0 saturated heterocycles. The van der Waals surface area contributed by atoms with E-state index < -0.39 is 17.7 Å². The van der Waals surface area contributed by atoms with Gasteiger partial charge in [-0.2, -0.15) is 0 Å². The molecular formula is C15H22F2N2O. The maximum Gasteiger partial charge on any atom is 0.240 e. The third-order valence-electron chi connectivity index (χ3n) is 3.55. The van der Waals surface area contributed by atoms with Gasteiger partial charge in [0.15, 0.2) is 11.6 Å². The van der Waals surface area contributed by atoms with Crippen molar-refractivity contribution < 1.29 is 13.6 Å². The van der Waals surface area contributed by atoms with E-state index in [0.717, 1.165) is 12.1 Å². The van der Waals surface area contributed by atoms with E-state index in [2.05, 4.69) is 0 Å². The molecule has 2 atom stereocenters. The van der Waals surface area contributed by atoms with Crippen LogP contribution in [0, 0.1) is 17.0 Å². The number of benzene rings is 1. The molecule has 1 aromatic rings. The van der Waals surface area contributed by atoms with Crippen LogP contribution in [0.1, 0.15) is 39.3 Å². The van der Waals surface area contributed by atoms with Crippen LogP contribution >= 0.6 is 0 Å². The van der Waals surface area contributed by atoms with Gasteiger partial charge in [-0.1, -0.05) is 26.8 Å². The second kappa shape index (κ2) is 5.87. The largest absolute Gasteiger partial charge is 0.338 e. The van der Waals surface area contributed by atoms with Crippen molar-refractivity contribution in [3.05, 3.63) is 35.4 Å². The number of rotatable bonds is 3. The van der Waals surface area contributed by atoms with Gasteiger partial charge in [-0.25, -0.2) is 8.78 Å². The molecule has 0 aliphatic heterocycles. The minimum Gasteiger partial charge on any atom is -0.338 e. The number of carbonyl (C=O) groups excluding carboxylic acids is 1. The molecule has 0 bridgehead atoms. The number of halogens is 2. The summed E-state index contributed by atoms with van der Waals surface area (Å²) in [6.45, 7) is 7.39. The van der Waals surface area contributed by atoms with Crippen molar-refractivity contribution >= 4 is 5.91 Å². The Morgan fingerprint density at radius 2 is 1.80 bits per heavy atom. The van der Waals surface area contributed by atoms with E-state index in [1.807, 2.05) is 20.8 Å². The van der Waals surface area contributed by atoms with E-state index in [-0.39, 0.29) is 17.4 Å². The second-order valence-electron chi connectivity index (χ2n) is 6.14. The molecule has 0 aromatic heterocycles. The van der Waals surface area contributed by atoms with Crippen molar-refractivity contribution in [2.24, 2.45) is 11.1 Å². The van der Waals surface area contributed by atoms with Crippen molar-refractivity contribution in [1.82, 2.24) is 4.90 Å². The summed E-state index contributed by atoms with van der Waals surface area (Å²) in [6.07, 6.45) is 0. The number of nitrogens with two attached hydrogens (primary N) is 1. The van der Waals surface area contributed by atoms with Gasteiger partial charge in [-0.3, -0.25) is 4.79 Å². The lowest BCUT2D eigenvalue weighted by Crippen LogP contribution is -2.49. The van der Waals surface area contributed by atoms with Crippen LogP contribution in [0.15, 0.2) is 18.2 Å². The van der Waals surface area contributed by atoms with Crippen molar-refractivity contribution in [1.29, 1.82) is 0 Å². The Labute approximate surface area is 118 Å². The second-order valence-corrected chi connectivity index (χ2v) is 6.14. The van der Waals surface area contributed by atoms with Crippen molar-refractivity contribution in [2.45, 2.75) is 39.8 Å². The molecule has 5 heteroatoms. The van der Waals surface area contributed by atoms with Crippen LogP contribution < -0.4 is 5.73 Å². The molecule has 0 spiro atoms. The van der Waals surface area contributed by atoms with Crippen LogP contribution in [0.4, 0.5) is 8.78 Å². The molecule has 0 saturated carbocycles. The van der Waals surface area contributed by atoms with Crippen LogP contribution in [0.3, 0.4) is 0 Å². The normalized spacial score (nSPS) is 14.8. The number of hydrogen-bond acceptors (Lipinski definition) is 2. The van der Waals surface area contributed by atoms with Gasteiger partial charge in [0, 0.05) is 7.05 Å². The van der Waals surface area contributed by atoms with Crippen LogP contribution in [0.5, 0.6) is 0 Å². The Hall–Kier alpha value is -1.49. The highest BCUT2D eigenvalue weighted by atomic mass is 19.2. The molecule has 0 aliphatic rings. The first kappa shape index (κ1) is 16.6. The van der Waals surface area contributed by atoms with E-state index in [9.17, 15) is 13.6 Å². The maximum atomic E-state index is 13.2. The summed E-state index contributed by atoms with van der Waals surface area (Å²) in [5.74, 6) is -2.05. The summed E-state index contributed by atoms with van der Waals surface area (Å²) in [7, 11) is 1.61. The number of nitrogens with zero attached hydrogens (tertiary/aromatic N) is 1. The van der Waals surface area contributed by atoms with Crippen molar-refractivity contribution in [3.63, 3.8) is 0 Å². The molecule has 1 amide bonds. The first-order valence-electron chi connectivity index (χ1n) is 6.53. The van der Waals surface area contributed by atoms with Crippen molar-refractivity contribution in [3.8, 4) is 0 Å². The summed E-state index contributed by atoms with van der Waals surface area (Å²) in [5.41, 5.74) is 6.11. The topological polar surface area (TPSA) is 46.3 Å². The molecule has 0 fully saturated rings. The quantitative estimate of drug-likeness (QED) is 0.927. The fraction of sp³-hybridized carbons (Fsp3) is 0.533. The summed E-state index contributed by atoms with van der Waals surface area (Å²) < 4.78 is 26.2. The summed E-state index contributed by atoms with van der Waals surface area (Å²) in [4.78, 5) is 13.8. The van der Waals surface area contributed by atoms with Gasteiger partial charge in [0.25, 0.3) is 0 Å². The van der Waals surface area contributed by atoms with E-state index in [1.54, 1.807) is 14.0 Å². The van der Waals surface area contributed by atoms with Gasteiger partial charge in [0.1, 0.15) is 0 Å². The molecule has 112 valence electrons. The molecule has 2 N–H and O–H groups in total. The number of likely N-dealkylation sites (N-methyl/N-ethyl adjacent to an activating group) is 1. The van der Waals surface area contributed by atoms with Crippen LogP contribution in [-0.4, -0.2) is 23.9 Å². The summed E-state index contributed by atoms with van der Waals surface area (Å²) in [5, 5.41) is 0. The molecular weight excluding hydrogens is 262 g/mol. The predicted molar refractivity (Wildman–Crippen MR) is 75.0 cm³/mol. The minimum atomic E-state index is -0.921. The molecule has 20 heavy (non-hydrogen) atoms. The number of hydrogen-bond donors (Lipinski definition) is 1. The highest BCUT2D eigenvalue weighted by Crippen LogP contribution is 2.25. The lowest BCUT2D eigenvalue weighted by molar-refractivity contribution is -0.135. The molecule has 3 nitrogen and oxygen atoms in total. The summed E-state index contributed by atoms with van der Waals surface area (Å²) >= 11 is 0. The van der Waals surface area contributed by atoms with Gasteiger partial charge < -0.3 is 10.6 Å². The zero-order valence-corrected chi connectivity index (χ0v) is 12.6. The van der Waals surface area contributed by atoms with Crippen LogP contribution in [-0.2, 0) is 4.79 Å². The molecule has 1 unspecified atom stereocenters. The lowest BCUT2D eigenvalue weighted by Gasteiger charge is -2.33.